The highest BCUT2D eigenvalue weighted by Gasteiger charge is 2.08. The number of nitrogens with zero attached hydrogens (tertiary/aromatic N) is 4. The molecule has 0 aliphatic rings. The Morgan fingerprint density at radius 2 is 2.26 bits per heavy atom. The molecule has 19 heavy (non-hydrogen) atoms. The first-order valence-corrected chi connectivity index (χ1v) is 6.72. The Morgan fingerprint density at radius 1 is 1.37 bits per heavy atom. The molecule has 0 unspecified atom stereocenters. The first-order valence-electron chi connectivity index (χ1n) is 5.84. The van der Waals surface area contributed by atoms with Gasteiger partial charge >= 0.3 is 0 Å². The number of anilines is 2. The van der Waals surface area contributed by atoms with Crippen LogP contribution in [-0.4, -0.2) is 31.5 Å². The fourth-order valence-corrected chi connectivity index (χ4v) is 2.56. The number of hydrogen-bond acceptors (Lipinski definition) is 7. The first-order chi connectivity index (χ1) is 9.22. The molecule has 7 nitrogen and oxygen atoms in total. The smallest absolute Gasteiger partial charge is 0.224 e. The second-order valence-electron chi connectivity index (χ2n) is 4.09. The Morgan fingerprint density at radius 3 is 3.05 bits per heavy atom. The predicted molar refractivity (Wildman–Crippen MR) is 75.1 cm³/mol. The summed E-state index contributed by atoms with van der Waals surface area (Å²) >= 11 is 1.66. The molecule has 0 saturated carbocycles. The van der Waals surface area contributed by atoms with Crippen LogP contribution in [0.25, 0.3) is 11.2 Å². The molecule has 3 aromatic heterocycles. The number of aryl methyl sites for hydroxylation is 1. The second-order valence-corrected chi connectivity index (χ2v) is 5.03. The average molecular weight is 275 g/mol. The number of imidazole rings is 1. The molecule has 3 heterocycles. The number of nitrogens with two attached hydrogens (primary N) is 1. The van der Waals surface area contributed by atoms with Gasteiger partial charge in [0.15, 0.2) is 11.5 Å². The van der Waals surface area contributed by atoms with Gasteiger partial charge in [-0.05, 0) is 6.92 Å². The van der Waals surface area contributed by atoms with Gasteiger partial charge in [0.1, 0.15) is 5.52 Å². The highest BCUT2D eigenvalue weighted by atomic mass is 32.1. The third-order valence-corrected chi connectivity index (χ3v) is 3.63. The minimum atomic E-state index is 0.215. The summed E-state index contributed by atoms with van der Waals surface area (Å²) in [5.74, 6) is 0.889. The summed E-state index contributed by atoms with van der Waals surface area (Å²) in [6.07, 6.45) is 2.42. The van der Waals surface area contributed by atoms with Gasteiger partial charge in [0.05, 0.1) is 11.3 Å². The molecular weight excluding hydrogens is 262 g/mol. The average Bonchev–Trinajstić information content (AvgIpc) is 2.98. The van der Waals surface area contributed by atoms with Gasteiger partial charge < -0.3 is 16.0 Å². The van der Waals surface area contributed by atoms with Crippen molar-refractivity contribution < 1.29 is 0 Å². The number of aromatic nitrogens is 5. The van der Waals surface area contributed by atoms with Crippen LogP contribution >= 0.6 is 11.3 Å². The molecule has 0 amide bonds. The summed E-state index contributed by atoms with van der Waals surface area (Å²) in [6.45, 7) is 2.73. The van der Waals surface area contributed by atoms with Crippen molar-refractivity contribution in [3.8, 4) is 0 Å². The van der Waals surface area contributed by atoms with Crippen LogP contribution in [0.15, 0.2) is 11.7 Å². The van der Waals surface area contributed by atoms with Crippen molar-refractivity contribution in [2.45, 2.75) is 13.3 Å². The lowest BCUT2D eigenvalue weighted by molar-refractivity contribution is 0.978. The predicted octanol–water partition coefficient (Wildman–Crippen LogP) is 1.35. The van der Waals surface area contributed by atoms with Gasteiger partial charge in [0, 0.05) is 24.0 Å². The molecule has 3 aromatic rings. The Balaban J connectivity index is 1.73. The lowest BCUT2D eigenvalue weighted by Gasteiger charge is -2.05. The lowest BCUT2D eigenvalue weighted by Crippen LogP contribution is -2.08. The molecule has 0 aliphatic heterocycles. The number of fused-ring (bicyclic) bond motifs is 1. The molecule has 3 rings (SSSR count). The molecule has 0 aliphatic carbocycles. The Hall–Kier alpha value is -2.22. The van der Waals surface area contributed by atoms with Crippen LogP contribution in [0.3, 0.4) is 0 Å². The van der Waals surface area contributed by atoms with E-state index in [2.05, 4.69) is 30.2 Å². The summed E-state index contributed by atoms with van der Waals surface area (Å²) in [5, 5.41) is 6.39. The standard InChI is InChI=1S/C11H13N7S/c1-6-4-19-7(16-6)2-3-13-9-8-10(15-5-14-8)18-11(12)17-9/h4-5H,2-3H2,1H3,(H4,12,13,14,15,17,18). The maximum absolute atomic E-state index is 5.64. The molecule has 0 aromatic carbocycles. The maximum atomic E-state index is 5.64. The highest BCUT2D eigenvalue weighted by Crippen LogP contribution is 2.17. The van der Waals surface area contributed by atoms with Crippen LogP contribution in [0.4, 0.5) is 11.8 Å². The van der Waals surface area contributed by atoms with Crippen molar-refractivity contribution in [2.75, 3.05) is 17.6 Å². The van der Waals surface area contributed by atoms with Crippen molar-refractivity contribution in [3.63, 3.8) is 0 Å². The van der Waals surface area contributed by atoms with Gasteiger partial charge in [0.2, 0.25) is 5.95 Å². The van der Waals surface area contributed by atoms with E-state index in [0.717, 1.165) is 29.2 Å². The molecule has 8 heteroatoms. The normalized spacial score (nSPS) is 11.0. The van der Waals surface area contributed by atoms with Crippen molar-refractivity contribution in [2.24, 2.45) is 0 Å². The molecular formula is C11H13N7S. The quantitative estimate of drug-likeness (QED) is 0.664. The van der Waals surface area contributed by atoms with E-state index in [1.165, 1.54) is 0 Å². The van der Waals surface area contributed by atoms with Crippen LogP contribution in [0.2, 0.25) is 0 Å². The zero-order chi connectivity index (χ0) is 13.2. The summed E-state index contributed by atoms with van der Waals surface area (Å²) < 4.78 is 0. The van der Waals surface area contributed by atoms with Gasteiger partial charge in [0.25, 0.3) is 0 Å². The second kappa shape index (κ2) is 4.81. The Kier molecular flexibility index (Phi) is 3.00. The third-order valence-electron chi connectivity index (χ3n) is 2.60. The van der Waals surface area contributed by atoms with E-state index in [4.69, 9.17) is 5.73 Å². The monoisotopic (exact) mass is 275 g/mol. The lowest BCUT2D eigenvalue weighted by atomic mass is 10.4. The summed E-state index contributed by atoms with van der Waals surface area (Å²) in [4.78, 5) is 19.7. The van der Waals surface area contributed by atoms with Gasteiger partial charge in [-0.25, -0.2) is 9.97 Å². The van der Waals surface area contributed by atoms with E-state index >= 15 is 0 Å². The van der Waals surface area contributed by atoms with Crippen molar-refractivity contribution in [1.82, 2.24) is 24.9 Å². The largest absolute Gasteiger partial charge is 0.368 e. The minimum Gasteiger partial charge on any atom is -0.368 e. The topological polar surface area (TPSA) is 105 Å². The fraction of sp³-hybridized carbons (Fsp3) is 0.273. The number of nitrogens with one attached hydrogen (secondary N) is 2. The number of H-pyrrole nitrogens is 1. The molecule has 4 N–H and O–H groups in total. The van der Waals surface area contributed by atoms with Gasteiger partial charge in [-0.3, -0.25) is 0 Å². The number of hydrogen-bond donors (Lipinski definition) is 3. The summed E-state index contributed by atoms with van der Waals surface area (Å²) in [7, 11) is 0. The van der Waals surface area contributed by atoms with Crippen molar-refractivity contribution in [3.05, 3.63) is 22.4 Å². The Labute approximate surface area is 113 Å². The van der Waals surface area contributed by atoms with Crippen molar-refractivity contribution >= 4 is 34.3 Å². The number of thiazole rings is 1. The van der Waals surface area contributed by atoms with E-state index in [1.54, 1.807) is 17.7 Å². The van der Waals surface area contributed by atoms with Crippen molar-refractivity contribution in [1.29, 1.82) is 0 Å². The molecule has 0 bridgehead atoms. The van der Waals surface area contributed by atoms with E-state index < -0.39 is 0 Å². The van der Waals surface area contributed by atoms with Gasteiger partial charge in [-0.2, -0.15) is 9.97 Å². The SMILES string of the molecule is Cc1csc(CCNc2nc(N)nc3nc[nH]c23)n1. The van der Waals surface area contributed by atoms with Crippen LogP contribution in [0.5, 0.6) is 0 Å². The molecule has 0 spiro atoms. The molecule has 98 valence electrons. The summed E-state index contributed by atoms with van der Waals surface area (Å²) in [5.41, 5.74) is 8.04. The zero-order valence-electron chi connectivity index (χ0n) is 10.3. The Bertz CT molecular complexity index is 702. The molecule has 0 radical (unpaired) electrons. The van der Waals surface area contributed by atoms with Crippen LogP contribution < -0.4 is 11.1 Å². The van der Waals surface area contributed by atoms with E-state index in [9.17, 15) is 0 Å². The first kappa shape index (κ1) is 11.8. The minimum absolute atomic E-state index is 0.215. The number of rotatable bonds is 4. The fourth-order valence-electron chi connectivity index (χ4n) is 1.78. The van der Waals surface area contributed by atoms with Crippen LogP contribution in [0, 0.1) is 6.92 Å². The van der Waals surface area contributed by atoms with Gasteiger partial charge in [-0.15, -0.1) is 11.3 Å². The third kappa shape index (κ3) is 2.48. The molecule has 0 saturated heterocycles. The van der Waals surface area contributed by atoms with Gasteiger partial charge in [-0.1, -0.05) is 0 Å². The summed E-state index contributed by atoms with van der Waals surface area (Å²) in [6, 6.07) is 0. The van der Waals surface area contributed by atoms with Crippen LogP contribution in [0.1, 0.15) is 10.7 Å². The van der Waals surface area contributed by atoms with Crippen LogP contribution in [-0.2, 0) is 6.42 Å². The van der Waals surface area contributed by atoms with E-state index in [0.29, 0.717) is 11.5 Å². The molecule has 0 fully saturated rings. The zero-order valence-corrected chi connectivity index (χ0v) is 11.2. The number of nitrogen functional groups attached to an aromatic ring is 1. The van der Waals surface area contributed by atoms with E-state index in [-0.39, 0.29) is 5.95 Å². The molecule has 0 atom stereocenters. The number of aromatic amines is 1. The maximum Gasteiger partial charge on any atom is 0.224 e. The highest BCUT2D eigenvalue weighted by molar-refractivity contribution is 7.09. The van der Waals surface area contributed by atoms with E-state index in [1.807, 2.05) is 12.3 Å².